The molecule has 0 bridgehead atoms. The van der Waals surface area contributed by atoms with Crippen LogP contribution in [-0.4, -0.2) is 242 Å². The predicted molar refractivity (Wildman–Crippen MR) is 368 cm³/mol. The van der Waals surface area contributed by atoms with Crippen LogP contribution in [0.1, 0.15) is 124 Å². The Kier molecular flexibility index (Phi) is 39.9. The number of imidazole rings is 2. The molecule has 0 unspecified atom stereocenters. The van der Waals surface area contributed by atoms with Gasteiger partial charge in [0.05, 0.1) is 45.3 Å². The summed E-state index contributed by atoms with van der Waals surface area (Å²) in [5.74, 6) is -20.2. The standard InChI is InChI=1S/C62H99N23O21/c1-29(2)17-39(82-59(102)41(19-34-23-69-28-74-34)84-60(103)40(18-33-22-68-27-73-33)83-58(101)38(12-15-45(67)88)81-57(100)36(10-13-43(65)86)77-46(89)21-64)54(97)72-24-47(90)70-25-48(91)75-32(6)53(96)79-35(9-7-8-16-63)56(99)80-37(11-14-44(66)87)55(98)76-31(5)52(95)71-26-49(92)78-42(20-50(93)94)61(104)85-51(30(3)4)62(105)106/h22-23,27-32,35-42,51H,7-21,24-26,63-64H2,1-6H3,(H2,65,86)(H2,66,87)(H2,67,88)(H,68,73)(H,69,74)(H,70,90)(H,71,95)(H,72,97)(H,75,91)(H,76,98)(H,77,89)(H,78,92)(H,79,96)(H,80,99)(H,81,100)(H,82,102)(H,83,101)(H,84,103)(H,85,104)(H,93,94)(H,105,106)/t31-,32-,35-,36-,37-,38-,39-,40-,41-,42-,51-/m0/s1. The molecular weight excluding hydrogens is 1400 g/mol. The van der Waals surface area contributed by atoms with Crippen LogP contribution < -0.4 is 103 Å². The highest BCUT2D eigenvalue weighted by molar-refractivity contribution is 6.00. The molecule has 0 fully saturated rings. The summed E-state index contributed by atoms with van der Waals surface area (Å²) in [5.41, 5.74) is 27.6. The SMILES string of the molecule is CC(C)C[C@H](NC(=O)[C@H](Cc1cnc[nH]1)NC(=O)[C@H](Cc1cnc[nH]1)NC(=O)[C@H](CCC(N)=O)NC(=O)[C@H](CCC(N)=O)NC(=O)CN)C(=O)NCC(=O)NCC(=O)N[C@@H](C)C(=O)N[C@@H](CCCCN)C(=O)N[C@@H](CCC(N)=O)C(=O)N[C@@H](C)C(=O)NCC(=O)N[C@@H](CC(=O)O)C(=O)N[C@H](C(=O)O)C(C)C. The molecule has 2 heterocycles. The highest BCUT2D eigenvalue weighted by Gasteiger charge is 2.36. The van der Waals surface area contributed by atoms with Gasteiger partial charge in [-0.2, -0.15) is 0 Å². The first-order valence-corrected chi connectivity index (χ1v) is 33.6. The zero-order valence-electron chi connectivity index (χ0n) is 59.5. The van der Waals surface area contributed by atoms with Gasteiger partial charge in [-0.3, -0.25) is 86.3 Å². The van der Waals surface area contributed by atoms with E-state index < -0.39 is 243 Å². The maximum atomic E-state index is 14.4. The first kappa shape index (κ1) is 90.4. The molecule has 17 amide bonds. The number of nitrogens with one attached hydrogen (secondary N) is 16. The van der Waals surface area contributed by atoms with Crippen LogP contribution in [0.15, 0.2) is 25.0 Å². The molecule has 588 valence electrons. The van der Waals surface area contributed by atoms with Gasteiger partial charge in [0.15, 0.2) is 0 Å². The lowest BCUT2D eigenvalue weighted by molar-refractivity contribution is -0.144. The van der Waals surface area contributed by atoms with Crippen LogP contribution in [0, 0.1) is 11.8 Å². The molecule has 0 spiro atoms. The summed E-state index contributed by atoms with van der Waals surface area (Å²) in [5, 5.41) is 51.8. The average molecular weight is 1500 g/mol. The number of hydrogen-bond donors (Lipinski definition) is 23. The lowest BCUT2D eigenvalue weighted by Crippen LogP contribution is -2.60. The van der Waals surface area contributed by atoms with Crippen molar-refractivity contribution in [3.8, 4) is 0 Å². The zero-order valence-corrected chi connectivity index (χ0v) is 59.5. The molecule has 106 heavy (non-hydrogen) atoms. The molecule has 28 N–H and O–H groups in total. The quantitative estimate of drug-likeness (QED) is 0.0274. The van der Waals surface area contributed by atoms with Crippen LogP contribution in [0.5, 0.6) is 0 Å². The second kappa shape index (κ2) is 46.8. The van der Waals surface area contributed by atoms with Crippen LogP contribution in [0.4, 0.5) is 0 Å². The number of carbonyl (C=O) groups excluding carboxylic acids is 17. The molecule has 0 aliphatic heterocycles. The summed E-state index contributed by atoms with van der Waals surface area (Å²) < 4.78 is 0. The third kappa shape index (κ3) is 35.4. The lowest BCUT2D eigenvalue weighted by atomic mass is 10.0. The Morgan fingerprint density at radius 3 is 1.23 bits per heavy atom. The Balaban J connectivity index is 2.20. The topological polar surface area (TPSA) is 721 Å². The molecule has 0 radical (unpaired) electrons. The van der Waals surface area contributed by atoms with Crippen LogP contribution >= 0.6 is 0 Å². The first-order chi connectivity index (χ1) is 49.8. The van der Waals surface area contributed by atoms with E-state index in [1.165, 1.54) is 52.7 Å². The number of primary amides is 3. The normalized spacial score (nSPS) is 14.1. The van der Waals surface area contributed by atoms with Crippen molar-refractivity contribution in [3.05, 3.63) is 36.4 Å². The maximum absolute atomic E-state index is 14.4. The molecule has 44 heteroatoms. The molecule has 44 nitrogen and oxygen atoms in total. The van der Waals surface area contributed by atoms with E-state index >= 15 is 0 Å². The number of aromatic amines is 2. The van der Waals surface area contributed by atoms with Gasteiger partial charge in [-0.15, -0.1) is 0 Å². The average Bonchev–Trinajstić information content (AvgIpc) is 1.02. The smallest absolute Gasteiger partial charge is 0.326 e. The van der Waals surface area contributed by atoms with Crippen molar-refractivity contribution < 1.29 is 101 Å². The number of aromatic nitrogens is 4. The number of carboxylic acid groups (broad SMARTS) is 2. The second-order valence-electron chi connectivity index (χ2n) is 25.2. The largest absolute Gasteiger partial charge is 0.481 e. The number of nitrogens with two attached hydrogens (primary N) is 5. The minimum Gasteiger partial charge on any atom is -0.481 e. The number of nitrogens with zero attached hydrogens (tertiary/aromatic N) is 2. The monoisotopic (exact) mass is 1500 g/mol. The number of amides is 17. The number of aliphatic carboxylic acids is 2. The van der Waals surface area contributed by atoms with Crippen molar-refractivity contribution in [2.75, 3.05) is 32.7 Å². The van der Waals surface area contributed by atoms with Gasteiger partial charge in [-0.05, 0) is 77.2 Å². The molecule has 2 rings (SSSR count). The molecule has 2 aromatic heterocycles. The number of H-pyrrole nitrogens is 2. The van der Waals surface area contributed by atoms with Gasteiger partial charge in [0.2, 0.25) is 100 Å². The second-order valence-corrected chi connectivity index (χ2v) is 25.2. The molecule has 0 aliphatic rings. The van der Waals surface area contributed by atoms with E-state index in [-0.39, 0.29) is 57.4 Å². The van der Waals surface area contributed by atoms with Gasteiger partial charge in [0, 0.05) is 55.9 Å². The highest BCUT2D eigenvalue weighted by atomic mass is 16.4. The third-order valence-electron chi connectivity index (χ3n) is 15.4. The van der Waals surface area contributed by atoms with E-state index in [9.17, 15) is 101 Å². The van der Waals surface area contributed by atoms with Crippen LogP contribution in [0.25, 0.3) is 0 Å². The highest BCUT2D eigenvalue weighted by Crippen LogP contribution is 2.12. The van der Waals surface area contributed by atoms with Gasteiger partial charge in [-0.25, -0.2) is 14.8 Å². The summed E-state index contributed by atoms with van der Waals surface area (Å²) >= 11 is 0. The van der Waals surface area contributed by atoms with Crippen molar-refractivity contribution in [1.29, 1.82) is 0 Å². The molecule has 0 aliphatic carbocycles. The Morgan fingerprint density at radius 2 is 0.792 bits per heavy atom. The van der Waals surface area contributed by atoms with Crippen molar-refractivity contribution in [3.63, 3.8) is 0 Å². The molecule has 11 atom stereocenters. The van der Waals surface area contributed by atoms with Crippen molar-refractivity contribution >= 4 is 112 Å². The molecule has 2 aromatic rings. The zero-order chi connectivity index (χ0) is 79.9. The lowest BCUT2D eigenvalue weighted by Gasteiger charge is -2.27. The number of unbranched alkanes of at least 4 members (excludes halogenated alkanes) is 1. The fraction of sp³-hybridized carbons (Fsp3) is 0.597. The minimum atomic E-state index is -1.77. The van der Waals surface area contributed by atoms with E-state index in [0.29, 0.717) is 17.8 Å². The number of rotatable bonds is 51. The van der Waals surface area contributed by atoms with E-state index in [4.69, 9.17) is 28.7 Å². The van der Waals surface area contributed by atoms with Crippen molar-refractivity contribution in [2.45, 2.75) is 191 Å². The van der Waals surface area contributed by atoms with Crippen LogP contribution in [-0.2, 0) is 104 Å². The Hall–Kier alpha value is -11.7. The van der Waals surface area contributed by atoms with Crippen LogP contribution in [0.2, 0.25) is 0 Å². The Morgan fingerprint density at radius 1 is 0.406 bits per heavy atom. The Labute approximate surface area is 607 Å². The molecule has 0 saturated heterocycles. The van der Waals surface area contributed by atoms with Crippen LogP contribution in [0.3, 0.4) is 0 Å². The number of hydrogen-bond acceptors (Lipinski definition) is 23. The van der Waals surface area contributed by atoms with E-state index in [1.807, 2.05) is 0 Å². The van der Waals surface area contributed by atoms with Crippen molar-refractivity contribution in [1.82, 2.24) is 94.4 Å². The van der Waals surface area contributed by atoms with Crippen molar-refractivity contribution in [2.24, 2.45) is 40.5 Å². The number of carbonyl (C=O) groups is 19. The van der Waals surface area contributed by atoms with Gasteiger partial charge in [-0.1, -0.05) is 27.7 Å². The van der Waals surface area contributed by atoms with E-state index in [1.54, 1.807) is 13.8 Å². The van der Waals surface area contributed by atoms with Gasteiger partial charge >= 0.3 is 11.9 Å². The number of carboxylic acids is 2. The summed E-state index contributed by atoms with van der Waals surface area (Å²) in [6.07, 6.45) is 1.62. The third-order valence-corrected chi connectivity index (χ3v) is 15.4. The van der Waals surface area contributed by atoms with Gasteiger partial charge < -0.3 is 123 Å². The fourth-order valence-corrected chi connectivity index (χ4v) is 9.68. The van der Waals surface area contributed by atoms with E-state index in [0.717, 1.165) is 0 Å². The molecular formula is C62H99N23O21. The molecule has 0 saturated carbocycles. The maximum Gasteiger partial charge on any atom is 0.326 e. The Bertz CT molecular complexity index is 3390. The fourth-order valence-electron chi connectivity index (χ4n) is 9.68. The summed E-state index contributed by atoms with van der Waals surface area (Å²) in [4.78, 5) is 260. The van der Waals surface area contributed by atoms with Gasteiger partial charge in [0.1, 0.15) is 66.5 Å². The molecule has 0 aromatic carbocycles. The van der Waals surface area contributed by atoms with E-state index in [2.05, 4.69) is 94.4 Å². The summed E-state index contributed by atoms with van der Waals surface area (Å²) in [6, 6.07) is -16.7. The predicted octanol–water partition coefficient (Wildman–Crippen LogP) is -10.2. The summed E-state index contributed by atoms with van der Waals surface area (Å²) in [6.45, 7) is 5.97. The summed E-state index contributed by atoms with van der Waals surface area (Å²) in [7, 11) is 0. The van der Waals surface area contributed by atoms with Gasteiger partial charge in [0.25, 0.3) is 0 Å². The first-order valence-electron chi connectivity index (χ1n) is 33.6. The minimum absolute atomic E-state index is 0.0397.